The first-order valence-corrected chi connectivity index (χ1v) is 7.56. The van der Waals surface area contributed by atoms with Crippen LogP contribution in [-0.2, 0) is 14.6 Å². The number of hydrogen-bond donors (Lipinski definition) is 2. The number of carbonyl (C=O) groups is 1. The van der Waals surface area contributed by atoms with Crippen molar-refractivity contribution in [1.29, 1.82) is 0 Å². The van der Waals surface area contributed by atoms with Crippen molar-refractivity contribution in [1.82, 2.24) is 0 Å². The number of rotatable bonds is 3. The minimum Gasteiger partial charge on any atom is -0.399 e. The van der Waals surface area contributed by atoms with E-state index in [2.05, 4.69) is 5.32 Å². The van der Waals surface area contributed by atoms with Crippen molar-refractivity contribution in [2.45, 2.75) is 32.4 Å². The number of sulfone groups is 1. The van der Waals surface area contributed by atoms with Crippen LogP contribution in [0.5, 0.6) is 0 Å². The molecule has 1 aromatic carbocycles. The predicted octanol–water partition coefficient (Wildman–Crippen LogP) is 1.73. The number of amides is 1. The van der Waals surface area contributed by atoms with Crippen LogP contribution >= 0.6 is 0 Å². The van der Waals surface area contributed by atoms with Gasteiger partial charge >= 0.3 is 0 Å². The SMILES string of the molecule is Cc1cc(N)ccc1NC(=O)CS(=O)(=O)C(C)(C)C. The molecule has 0 aliphatic rings. The van der Waals surface area contributed by atoms with E-state index < -0.39 is 26.2 Å². The van der Waals surface area contributed by atoms with Gasteiger partial charge in [0.2, 0.25) is 5.91 Å². The Bertz CT molecular complexity index is 586. The molecular formula is C13H20N2O3S. The van der Waals surface area contributed by atoms with E-state index in [-0.39, 0.29) is 0 Å². The molecule has 0 atom stereocenters. The van der Waals surface area contributed by atoms with Crippen LogP contribution in [0, 0.1) is 6.92 Å². The molecule has 0 aliphatic heterocycles. The number of benzene rings is 1. The van der Waals surface area contributed by atoms with Gasteiger partial charge in [0.15, 0.2) is 9.84 Å². The van der Waals surface area contributed by atoms with E-state index in [1.165, 1.54) is 0 Å². The molecule has 1 amide bonds. The van der Waals surface area contributed by atoms with Crippen molar-refractivity contribution in [2.75, 3.05) is 16.8 Å². The number of nitrogens with two attached hydrogens (primary N) is 1. The monoisotopic (exact) mass is 284 g/mol. The van der Waals surface area contributed by atoms with E-state index in [1.807, 2.05) is 0 Å². The average molecular weight is 284 g/mol. The second-order valence-electron chi connectivity index (χ2n) is 5.49. The first-order chi connectivity index (χ1) is 8.53. The van der Waals surface area contributed by atoms with Gasteiger partial charge in [-0.2, -0.15) is 0 Å². The van der Waals surface area contributed by atoms with Gasteiger partial charge < -0.3 is 11.1 Å². The summed E-state index contributed by atoms with van der Waals surface area (Å²) in [4.78, 5) is 11.8. The van der Waals surface area contributed by atoms with E-state index >= 15 is 0 Å². The van der Waals surface area contributed by atoms with Crippen molar-refractivity contribution < 1.29 is 13.2 Å². The Labute approximate surface area is 114 Å². The third-order valence-electron chi connectivity index (χ3n) is 2.78. The van der Waals surface area contributed by atoms with E-state index in [1.54, 1.807) is 45.9 Å². The van der Waals surface area contributed by atoms with Crippen molar-refractivity contribution in [2.24, 2.45) is 0 Å². The lowest BCUT2D eigenvalue weighted by atomic mass is 10.2. The Kier molecular flexibility index (Phi) is 4.25. The van der Waals surface area contributed by atoms with E-state index in [4.69, 9.17) is 5.73 Å². The zero-order chi connectivity index (χ0) is 14.8. The lowest BCUT2D eigenvalue weighted by molar-refractivity contribution is -0.113. The fourth-order valence-corrected chi connectivity index (χ4v) is 2.25. The van der Waals surface area contributed by atoms with Crippen LogP contribution in [0.3, 0.4) is 0 Å². The highest BCUT2D eigenvalue weighted by Crippen LogP contribution is 2.19. The number of hydrogen-bond acceptors (Lipinski definition) is 4. The zero-order valence-corrected chi connectivity index (χ0v) is 12.5. The maximum Gasteiger partial charge on any atom is 0.239 e. The Hall–Kier alpha value is -1.56. The van der Waals surface area contributed by atoms with Crippen molar-refractivity contribution in [3.05, 3.63) is 23.8 Å². The van der Waals surface area contributed by atoms with Gasteiger partial charge in [-0.3, -0.25) is 4.79 Å². The largest absolute Gasteiger partial charge is 0.399 e. The first-order valence-electron chi connectivity index (χ1n) is 5.91. The second kappa shape index (κ2) is 5.21. The summed E-state index contributed by atoms with van der Waals surface area (Å²) in [6.45, 7) is 6.52. The molecule has 1 rings (SSSR count). The van der Waals surface area contributed by atoms with Crippen LogP contribution in [0.2, 0.25) is 0 Å². The third-order valence-corrected chi connectivity index (χ3v) is 5.29. The van der Waals surface area contributed by atoms with Crippen molar-refractivity contribution >= 4 is 27.1 Å². The topological polar surface area (TPSA) is 89.3 Å². The highest BCUT2D eigenvalue weighted by atomic mass is 32.2. The average Bonchev–Trinajstić information content (AvgIpc) is 2.19. The number of aryl methyl sites for hydroxylation is 1. The first kappa shape index (κ1) is 15.5. The maximum atomic E-state index is 11.9. The number of anilines is 2. The smallest absolute Gasteiger partial charge is 0.239 e. The van der Waals surface area contributed by atoms with Gasteiger partial charge in [-0.05, 0) is 51.5 Å². The van der Waals surface area contributed by atoms with Gasteiger partial charge in [0, 0.05) is 11.4 Å². The summed E-state index contributed by atoms with van der Waals surface area (Å²) in [6.07, 6.45) is 0. The summed E-state index contributed by atoms with van der Waals surface area (Å²) in [5, 5.41) is 2.59. The van der Waals surface area contributed by atoms with Crippen LogP contribution in [0.1, 0.15) is 26.3 Å². The Morgan fingerprint density at radius 1 is 1.32 bits per heavy atom. The van der Waals surface area contributed by atoms with E-state index in [0.717, 1.165) is 5.56 Å². The standard InChI is InChI=1S/C13H20N2O3S/c1-9-7-10(14)5-6-11(9)15-12(16)8-19(17,18)13(2,3)4/h5-7H,8,14H2,1-4H3,(H,15,16). The van der Waals surface area contributed by atoms with Crippen LogP contribution in [0.15, 0.2) is 18.2 Å². The molecular weight excluding hydrogens is 264 g/mol. The van der Waals surface area contributed by atoms with Gasteiger partial charge in [0.25, 0.3) is 0 Å². The highest BCUT2D eigenvalue weighted by Gasteiger charge is 2.31. The van der Waals surface area contributed by atoms with Gasteiger partial charge in [-0.25, -0.2) is 8.42 Å². The molecule has 0 unspecified atom stereocenters. The molecule has 0 fully saturated rings. The molecule has 0 bridgehead atoms. The lowest BCUT2D eigenvalue weighted by Gasteiger charge is -2.19. The molecule has 19 heavy (non-hydrogen) atoms. The summed E-state index contributed by atoms with van der Waals surface area (Å²) in [5.74, 6) is -1.07. The third kappa shape index (κ3) is 3.96. The normalized spacial score (nSPS) is 12.2. The Balaban J connectivity index is 2.82. The summed E-state index contributed by atoms with van der Waals surface area (Å²) < 4.78 is 22.9. The molecule has 1 aromatic rings. The minimum atomic E-state index is -3.47. The Morgan fingerprint density at radius 2 is 1.89 bits per heavy atom. The van der Waals surface area contributed by atoms with E-state index in [9.17, 15) is 13.2 Å². The number of nitrogen functional groups attached to an aromatic ring is 1. The van der Waals surface area contributed by atoms with Crippen LogP contribution in [-0.4, -0.2) is 24.8 Å². The van der Waals surface area contributed by atoms with Gasteiger partial charge in [0.1, 0.15) is 5.75 Å². The lowest BCUT2D eigenvalue weighted by Crippen LogP contribution is -2.35. The molecule has 0 radical (unpaired) electrons. The predicted molar refractivity (Wildman–Crippen MR) is 77.8 cm³/mol. The quantitative estimate of drug-likeness (QED) is 0.827. The molecule has 5 nitrogen and oxygen atoms in total. The summed E-state index contributed by atoms with van der Waals surface area (Å²) in [7, 11) is -3.47. The van der Waals surface area contributed by atoms with Crippen LogP contribution < -0.4 is 11.1 Å². The van der Waals surface area contributed by atoms with Crippen LogP contribution in [0.25, 0.3) is 0 Å². The van der Waals surface area contributed by atoms with Crippen molar-refractivity contribution in [3.63, 3.8) is 0 Å². The molecule has 6 heteroatoms. The Morgan fingerprint density at radius 3 is 2.37 bits per heavy atom. The molecule has 0 heterocycles. The molecule has 106 valence electrons. The maximum absolute atomic E-state index is 11.9. The van der Waals surface area contributed by atoms with Gasteiger partial charge in [0.05, 0.1) is 4.75 Å². The zero-order valence-electron chi connectivity index (χ0n) is 11.6. The number of nitrogens with one attached hydrogen (secondary N) is 1. The highest BCUT2D eigenvalue weighted by molar-refractivity contribution is 7.93. The fraction of sp³-hybridized carbons (Fsp3) is 0.462. The van der Waals surface area contributed by atoms with E-state index in [0.29, 0.717) is 11.4 Å². The fourth-order valence-electron chi connectivity index (χ4n) is 1.40. The molecule has 0 spiro atoms. The van der Waals surface area contributed by atoms with Gasteiger partial charge in [-0.15, -0.1) is 0 Å². The van der Waals surface area contributed by atoms with Crippen LogP contribution in [0.4, 0.5) is 11.4 Å². The summed E-state index contributed by atoms with van der Waals surface area (Å²) in [6, 6.07) is 5.03. The summed E-state index contributed by atoms with van der Waals surface area (Å²) >= 11 is 0. The van der Waals surface area contributed by atoms with Crippen molar-refractivity contribution in [3.8, 4) is 0 Å². The second-order valence-corrected chi connectivity index (χ2v) is 8.24. The van der Waals surface area contributed by atoms with Gasteiger partial charge in [-0.1, -0.05) is 0 Å². The molecule has 0 aliphatic carbocycles. The minimum absolute atomic E-state index is 0.527. The molecule has 0 aromatic heterocycles. The summed E-state index contributed by atoms with van der Waals surface area (Å²) in [5.41, 5.74) is 7.57. The number of carbonyl (C=O) groups excluding carboxylic acids is 1. The molecule has 3 N–H and O–H groups in total. The molecule has 0 saturated heterocycles. The molecule has 0 saturated carbocycles.